The molecule has 1 N–H and O–H groups in total. The molecule has 1 aromatic heterocycles. The molecule has 92 valence electrons. The maximum atomic E-state index is 12.6. The molecule has 0 aliphatic carbocycles. The summed E-state index contributed by atoms with van der Waals surface area (Å²) in [4.78, 5) is 0. The smallest absolute Gasteiger partial charge is 0.304 e. The molecule has 1 nitrogen and oxygen atoms in total. The van der Waals surface area contributed by atoms with Crippen molar-refractivity contribution in [3.8, 4) is 0 Å². The van der Waals surface area contributed by atoms with E-state index in [0.29, 0.717) is 9.90 Å². The molecule has 1 aromatic rings. The predicted octanol–water partition coefficient (Wildman–Crippen LogP) is 3.95. The normalized spacial score (nSPS) is 14.4. The number of nitrogens with one attached hydrogen (secondary N) is 1. The second-order valence-corrected chi connectivity index (χ2v) is 4.89. The lowest BCUT2D eigenvalue weighted by Gasteiger charge is -2.19. The van der Waals surface area contributed by atoms with Crippen molar-refractivity contribution in [2.24, 2.45) is 0 Å². The summed E-state index contributed by atoms with van der Waals surface area (Å²) in [6, 6.07) is 1.18. The molecule has 0 saturated heterocycles. The molecule has 0 aliphatic rings. The van der Waals surface area contributed by atoms with Gasteiger partial charge >= 0.3 is 12.3 Å². The van der Waals surface area contributed by atoms with E-state index in [-0.39, 0.29) is 0 Å². The molecule has 1 rings (SSSR count). The van der Waals surface area contributed by atoms with Crippen LogP contribution in [0, 0.1) is 0 Å². The van der Waals surface area contributed by atoms with Crippen LogP contribution in [0.25, 0.3) is 0 Å². The molecular weight excluding hydrogens is 266 g/mol. The Morgan fingerprint density at radius 3 is 2.56 bits per heavy atom. The quantitative estimate of drug-likeness (QED) is 0.802. The highest BCUT2D eigenvalue weighted by atomic mass is 35.5. The minimum absolute atomic E-state index is 0.437. The van der Waals surface area contributed by atoms with E-state index < -0.39 is 24.9 Å². The molecule has 0 saturated carbocycles. The third-order valence-electron chi connectivity index (χ3n) is 2.05. The SMILES string of the molecule is CC(NCC(F)(F)C(F)F)c1csc(Cl)c1. The monoisotopic (exact) mass is 275 g/mol. The van der Waals surface area contributed by atoms with Crippen LogP contribution in [0.4, 0.5) is 17.6 Å². The predicted molar refractivity (Wildman–Crippen MR) is 56.7 cm³/mol. The summed E-state index contributed by atoms with van der Waals surface area (Å²) in [6.07, 6.45) is -3.65. The van der Waals surface area contributed by atoms with Crippen molar-refractivity contribution in [3.63, 3.8) is 0 Å². The van der Waals surface area contributed by atoms with Gasteiger partial charge < -0.3 is 5.32 Å². The fourth-order valence-corrected chi connectivity index (χ4v) is 2.02. The standard InChI is InChI=1S/C9H10ClF4NS/c1-5(6-2-7(10)16-3-6)15-4-9(13,14)8(11)12/h2-3,5,8,15H,4H2,1H3. The lowest BCUT2D eigenvalue weighted by molar-refractivity contribution is -0.126. The van der Waals surface area contributed by atoms with Gasteiger partial charge in [-0.25, -0.2) is 8.78 Å². The minimum atomic E-state index is -4.01. The minimum Gasteiger partial charge on any atom is -0.304 e. The van der Waals surface area contributed by atoms with Gasteiger partial charge in [0.25, 0.3) is 0 Å². The van der Waals surface area contributed by atoms with Crippen molar-refractivity contribution in [3.05, 3.63) is 21.3 Å². The number of rotatable bonds is 5. The van der Waals surface area contributed by atoms with E-state index in [4.69, 9.17) is 11.6 Å². The van der Waals surface area contributed by atoms with Crippen LogP contribution in [0.3, 0.4) is 0 Å². The van der Waals surface area contributed by atoms with Crippen LogP contribution in [-0.2, 0) is 0 Å². The van der Waals surface area contributed by atoms with Gasteiger partial charge in [-0.15, -0.1) is 11.3 Å². The maximum Gasteiger partial charge on any atom is 0.319 e. The third-order valence-corrected chi connectivity index (χ3v) is 3.16. The summed E-state index contributed by atoms with van der Waals surface area (Å²) in [5.41, 5.74) is 0.708. The fourth-order valence-electron chi connectivity index (χ4n) is 1.03. The summed E-state index contributed by atoms with van der Waals surface area (Å²) in [5, 5.41) is 4.05. The maximum absolute atomic E-state index is 12.6. The number of halogens is 5. The van der Waals surface area contributed by atoms with E-state index in [1.54, 1.807) is 18.4 Å². The zero-order chi connectivity index (χ0) is 12.3. The van der Waals surface area contributed by atoms with Crippen LogP contribution in [0.5, 0.6) is 0 Å². The van der Waals surface area contributed by atoms with Gasteiger partial charge in [0.2, 0.25) is 0 Å². The van der Waals surface area contributed by atoms with Gasteiger partial charge in [-0.2, -0.15) is 8.78 Å². The van der Waals surface area contributed by atoms with Crippen molar-refractivity contribution >= 4 is 22.9 Å². The first-order valence-electron chi connectivity index (χ1n) is 4.46. The molecular formula is C9H10ClF4NS. The highest BCUT2D eigenvalue weighted by Crippen LogP contribution is 2.26. The van der Waals surface area contributed by atoms with Crippen LogP contribution in [-0.4, -0.2) is 18.9 Å². The van der Waals surface area contributed by atoms with Crippen molar-refractivity contribution in [1.29, 1.82) is 0 Å². The zero-order valence-electron chi connectivity index (χ0n) is 8.31. The van der Waals surface area contributed by atoms with Crippen LogP contribution in [0.15, 0.2) is 11.4 Å². The largest absolute Gasteiger partial charge is 0.319 e. The molecule has 0 spiro atoms. The first-order chi connectivity index (χ1) is 7.33. The molecule has 0 aromatic carbocycles. The van der Waals surface area contributed by atoms with Gasteiger partial charge in [-0.3, -0.25) is 0 Å². The summed E-state index contributed by atoms with van der Waals surface area (Å²) >= 11 is 6.93. The number of alkyl halides is 4. The molecule has 0 fully saturated rings. The molecule has 0 bridgehead atoms. The molecule has 0 aliphatic heterocycles. The highest BCUT2D eigenvalue weighted by molar-refractivity contribution is 7.14. The molecule has 16 heavy (non-hydrogen) atoms. The molecule has 1 atom stereocenters. The molecule has 1 unspecified atom stereocenters. The van der Waals surface area contributed by atoms with Gasteiger partial charge in [0.1, 0.15) is 0 Å². The summed E-state index contributed by atoms with van der Waals surface area (Å²) < 4.78 is 49.4. The van der Waals surface area contributed by atoms with Crippen molar-refractivity contribution in [2.75, 3.05) is 6.54 Å². The van der Waals surface area contributed by atoms with E-state index in [1.165, 1.54) is 11.3 Å². The third kappa shape index (κ3) is 3.61. The number of hydrogen-bond acceptors (Lipinski definition) is 2. The van der Waals surface area contributed by atoms with Gasteiger partial charge in [-0.05, 0) is 23.9 Å². The van der Waals surface area contributed by atoms with Gasteiger partial charge in [0, 0.05) is 6.04 Å². The van der Waals surface area contributed by atoms with E-state index in [0.717, 1.165) is 0 Å². The Kier molecular flexibility index (Phi) is 4.58. The van der Waals surface area contributed by atoms with E-state index in [9.17, 15) is 17.6 Å². The lowest BCUT2D eigenvalue weighted by atomic mass is 10.2. The lowest BCUT2D eigenvalue weighted by Crippen LogP contribution is -2.39. The number of thiophene rings is 1. The van der Waals surface area contributed by atoms with Crippen LogP contribution < -0.4 is 5.32 Å². The Bertz CT molecular complexity index is 342. The molecule has 7 heteroatoms. The molecule has 1 heterocycles. The Morgan fingerprint density at radius 1 is 1.50 bits per heavy atom. The van der Waals surface area contributed by atoms with Crippen LogP contribution in [0.2, 0.25) is 4.34 Å². The van der Waals surface area contributed by atoms with Gasteiger partial charge in [0.15, 0.2) is 0 Å². The van der Waals surface area contributed by atoms with Crippen molar-refractivity contribution < 1.29 is 17.6 Å². The fraction of sp³-hybridized carbons (Fsp3) is 0.556. The van der Waals surface area contributed by atoms with Gasteiger partial charge in [0.05, 0.1) is 10.9 Å². The molecule has 0 radical (unpaired) electrons. The topological polar surface area (TPSA) is 12.0 Å². The highest BCUT2D eigenvalue weighted by Gasteiger charge is 2.40. The zero-order valence-corrected chi connectivity index (χ0v) is 9.89. The van der Waals surface area contributed by atoms with E-state index in [2.05, 4.69) is 5.32 Å². The van der Waals surface area contributed by atoms with Gasteiger partial charge in [-0.1, -0.05) is 11.6 Å². The first-order valence-corrected chi connectivity index (χ1v) is 5.72. The average Bonchev–Trinajstić information content (AvgIpc) is 2.61. The first kappa shape index (κ1) is 13.7. The molecule has 0 amide bonds. The summed E-state index contributed by atoms with van der Waals surface area (Å²) in [7, 11) is 0. The Morgan fingerprint density at radius 2 is 2.12 bits per heavy atom. The average molecular weight is 276 g/mol. The van der Waals surface area contributed by atoms with E-state index in [1.807, 2.05) is 0 Å². The van der Waals surface area contributed by atoms with Crippen LogP contribution >= 0.6 is 22.9 Å². The second-order valence-electron chi connectivity index (χ2n) is 3.35. The van der Waals surface area contributed by atoms with Crippen molar-refractivity contribution in [1.82, 2.24) is 5.32 Å². The Balaban J connectivity index is 2.50. The second kappa shape index (κ2) is 5.33. The number of hydrogen-bond donors (Lipinski definition) is 1. The Hall–Kier alpha value is -0.330. The summed E-state index contributed by atoms with van der Waals surface area (Å²) in [5.74, 6) is -4.01. The van der Waals surface area contributed by atoms with Crippen LogP contribution in [0.1, 0.15) is 18.5 Å². The Labute approximate surface area is 99.4 Å². The van der Waals surface area contributed by atoms with E-state index >= 15 is 0 Å². The van der Waals surface area contributed by atoms with Crippen molar-refractivity contribution in [2.45, 2.75) is 25.3 Å². The summed E-state index contributed by atoms with van der Waals surface area (Å²) in [6.45, 7) is 0.555.